The average Bonchev–Trinajstić information content (AvgIpc) is 3.30. The van der Waals surface area contributed by atoms with Crippen molar-refractivity contribution in [2.24, 2.45) is 0 Å². The molecule has 0 atom stereocenters. The van der Waals surface area contributed by atoms with Crippen molar-refractivity contribution in [1.82, 2.24) is 14.8 Å². The molecule has 0 radical (unpaired) electrons. The Labute approximate surface area is 206 Å². The summed E-state index contributed by atoms with van der Waals surface area (Å²) in [5.41, 5.74) is 2.54. The lowest BCUT2D eigenvalue weighted by molar-refractivity contribution is -0.384. The molecule has 0 aliphatic carbocycles. The van der Waals surface area contributed by atoms with E-state index in [1.165, 1.54) is 41.6 Å². The third-order valence-electron chi connectivity index (χ3n) is 5.23. The Balaban J connectivity index is 1.48. The first-order valence-electron chi connectivity index (χ1n) is 10.8. The number of aryl methyl sites for hydroxylation is 1. The number of rotatable bonds is 10. The fourth-order valence-electron chi connectivity index (χ4n) is 3.43. The minimum absolute atomic E-state index is 0.0325. The van der Waals surface area contributed by atoms with Gasteiger partial charge in [-0.3, -0.25) is 14.9 Å². The molecular formula is C25H23N5O4S. The molecular weight excluding hydrogens is 466 g/mol. The van der Waals surface area contributed by atoms with Crippen molar-refractivity contribution in [1.29, 1.82) is 0 Å². The van der Waals surface area contributed by atoms with Crippen LogP contribution in [0.3, 0.4) is 0 Å². The number of aromatic nitrogens is 3. The monoisotopic (exact) mass is 489 g/mol. The number of nitrogens with zero attached hydrogens (tertiary/aromatic N) is 4. The SMILES string of the molecule is COc1ccc(-c2nnc(SCC(=O)Nc3ccc([N+](=O)[O-])cc3)n2CCc2ccccc2)cc1. The van der Waals surface area contributed by atoms with Crippen LogP contribution in [0.1, 0.15) is 5.56 Å². The number of thioether (sulfide) groups is 1. The van der Waals surface area contributed by atoms with E-state index in [-0.39, 0.29) is 17.3 Å². The summed E-state index contributed by atoms with van der Waals surface area (Å²) in [6, 6.07) is 23.4. The van der Waals surface area contributed by atoms with Gasteiger partial charge < -0.3 is 14.6 Å². The molecule has 10 heteroatoms. The van der Waals surface area contributed by atoms with Crippen molar-refractivity contribution in [2.75, 3.05) is 18.2 Å². The zero-order chi connectivity index (χ0) is 24.6. The normalized spacial score (nSPS) is 10.7. The number of carbonyl (C=O) groups is 1. The number of nitrogens with one attached hydrogen (secondary N) is 1. The van der Waals surface area contributed by atoms with E-state index in [4.69, 9.17) is 4.74 Å². The summed E-state index contributed by atoms with van der Waals surface area (Å²) in [5.74, 6) is 1.33. The van der Waals surface area contributed by atoms with Gasteiger partial charge in [0.1, 0.15) is 5.75 Å². The Morgan fingerprint density at radius 2 is 1.74 bits per heavy atom. The van der Waals surface area contributed by atoms with Gasteiger partial charge in [0.05, 0.1) is 17.8 Å². The van der Waals surface area contributed by atoms with Crippen LogP contribution < -0.4 is 10.1 Å². The second kappa shape index (κ2) is 11.3. The van der Waals surface area contributed by atoms with E-state index in [0.29, 0.717) is 23.2 Å². The van der Waals surface area contributed by atoms with Gasteiger partial charge in [-0.25, -0.2) is 0 Å². The number of hydrogen-bond acceptors (Lipinski definition) is 7. The van der Waals surface area contributed by atoms with Gasteiger partial charge in [-0.2, -0.15) is 0 Å². The standard InChI is InChI=1S/C25H23N5O4S/c1-34-22-13-7-19(8-14-22)24-27-28-25(29(24)16-15-18-5-3-2-4-6-18)35-17-23(31)26-20-9-11-21(12-10-20)30(32)33/h2-14H,15-17H2,1H3,(H,26,31). The second-order valence-corrected chi connectivity index (χ2v) is 8.51. The number of hydrogen-bond donors (Lipinski definition) is 1. The van der Waals surface area contributed by atoms with Gasteiger partial charge in [-0.1, -0.05) is 42.1 Å². The molecule has 1 heterocycles. The van der Waals surface area contributed by atoms with Crippen LogP contribution in [0.15, 0.2) is 84.0 Å². The molecule has 0 saturated heterocycles. The van der Waals surface area contributed by atoms with Crippen LogP contribution in [0.2, 0.25) is 0 Å². The molecule has 3 aromatic carbocycles. The number of amides is 1. The molecule has 0 fully saturated rings. The Kier molecular flexibility index (Phi) is 7.74. The summed E-state index contributed by atoms with van der Waals surface area (Å²) >= 11 is 1.29. The topological polar surface area (TPSA) is 112 Å². The largest absolute Gasteiger partial charge is 0.497 e. The molecule has 0 bridgehead atoms. The van der Waals surface area contributed by atoms with Gasteiger partial charge in [0.25, 0.3) is 5.69 Å². The summed E-state index contributed by atoms with van der Waals surface area (Å²) in [6.45, 7) is 0.644. The van der Waals surface area contributed by atoms with E-state index in [1.807, 2.05) is 47.0 Å². The maximum Gasteiger partial charge on any atom is 0.269 e. The number of methoxy groups -OCH3 is 1. The van der Waals surface area contributed by atoms with E-state index in [0.717, 1.165) is 17.7 Å². The predicted octanol–water partition coefficient (Wildman–Crippen LogP) is 4.84. The van der Waals surface area contributed by atoms with Gasteiger partial charge in [-0.15, -0.1) is 10.2 Å². The smallest absolute Gasteiger partial charge is 0.269 e. The highest BCUT2D eigenvalue weighted by atomic mass is 32.2. The first kappa shape index (κ1) is 24.0. The van der Waals surface area contributed by atoms with Crippen molar-refractivity contribution in [3.05, 3.63) is 94.5 Å². The Hall–Kier alpha value is -4.18. The fourth-order valence-corrected chi connectivity index (χ4v) is 4.19. The van der Waals surface area contributed by atoms with Gasteiger partial charge in [0, 0.05) is 29.9 Å². The molecule has 4 aromatic rings. The summed E-state index contributed by atoms with van der Waals surface area (Å²) in [5, 5.41) is 22.9. The summed E-state index contributed by atoms with van der Waals surface area (Å²) in [4.78, 5) is 22.8. The first-order valence-corrected chi connectivity index (χ1v) is 11.8. The number of non-ortho nitro benzene ring substituents is 1. The lowest BCUT2D eigenvalue weighted by atomic mass is 10.1. The van der Waals surface area contributed by atoms with Gasteiger partial charge in [-0.05, 0) is 48.4 Å². The molecule has 35 heavy (non-hydrogen) atoms. The lowest BCUT2D eigenvalue weighted by Gasteiger charge is -2.11. The van der Waals surface area contributed by atoms with Crippen LogP contribution in [0.25, 0.3) is 11.4 Å². The van der Waals surface area contributed by atoms with Crippen LogP contribution in [-0.4, -0.2) is 38.5 Å². The molecule has 0 unspecified atom stereocenters. The molecule has 178 valence electrons. The van der Waals surface area contributed by atoms with E-state index in [2.05, 4.69) is 27.6 Å². The van der Waals surface area contributed by atoms with Crippen molar-refractivity contribution in [2.45, 2.75) is 18.1 Å². The van der Waals surface area contributed by atoms with Crippen LogP contribution in [0, 0.1) is 10.1 Å². The third-order valence-corrected chi connectivity index (χ3v) is 6.19. The maximum absolute atomic E-state index is 12.5. The van der Waals surface area contributed by atoms with Crippen LogP contribution in [-0.2, 0) is 17.8 Å². The number of ether oxygens (including phenoxy) is 1. The second-order valence-electron chi connectivity index (χ2n) is 7.56. The minimum atomic E-state index is -0.482. The zero-order valence-electron chi connectivity index (χ0n) is 19.0. The Morgan fingerprint density at radius 1 is 1.03 bits per heavy atom. The quantitative estimate of drug-likeness (QED) is 0.193. The number of benzene rings is 3. The minimum Gasteiger partial charge on any atom is -0.497 e. The highest BCUT2D eigenvalue weighted by molar-refractivity contribution is 7.99. The molecule has 0 aliphatic heterocycles. The van der Waals surface area contributed by atoms with Crippen molar-refractivity contribution >= 4 is 29.0 Å². The maximum atomic E-state index is 12.5. The highest BCUT2D eigenvalue weighted by Gasteiger charge is 2.16. The molecule has 1 aromatic heterocycles. The molecule has 4 rings (SSSR count). The highest BCUT2D eigenvalue weighted by Crippen LogP contribution is 2.26. The predicted molar refractivity (Wildman–Crippen MR) is 135 cm³/mol. The van der Waals surface area contributed by atoms with Gasteiger partial charge >= 0.3 is 0 Å². The lowest BCUT2D eigenvalue weighted by Crippen LogP contribution is -2.15. The fraction of sp³-hybridized carbons (Fsp3) is 0.160. The molecule has 9 nitrogen and oxygen atoms in total. The number of carbonyl (C=O) groups excluding carboxylic acids is 1. The van der Waals surface area contributed by atoms with Crippen LogP contribution >= 0.6 is 11.8 Å². The van der Waals surface area contributed by atoms with Crippen molar-refractivity contribution in [3.63, 3.8) is 0 Å². The summed E-state index contributed by atoms with van der Waals surface area (Å²) < 4.78 is 7.27. The van der Waals surface area contributed by atoms with E-state index in [1.54, 1.807) is 7.11 Å². The average molecular weight is 490 g/mol. The molecule has 1 N–H and O–H groups in total. The Morgan fingerprint density at radius 3 is 2.40 bits per heavy atom. The number of nitro benzene ring substituents is 1. The third kappa shape index (κ3) is 6.24. The van der Waals surface area contributed by atoms with Crippen LogP contribution in [0.4, 0.5) is 11.4 Å². The van der Waals surface area contributed by atoms with E-state index >= 15 is 0 Å². The van der Waals surface area contributed by atoms with Crippen LogP contribution in [0.5, 0.6) is 5.75 Å². The van der Waals surface area contributed by atoms with Gasteiger partial charge in [0.2, 0.25) is 5.91 Å². The van der Waals surface area contributed by atoms with Crippen molar-refractivity contribution < 1.29 is 14.5 Å². The number of nitro groups is 1. The zero-order valence-corrected chi connectivity index (χ0v) is 19.8. The Bertz CT molecular complexity index is 1290. The summed E-state index contributed by atoms with van der Waals surface area (Å²) in [6.07, 6.45) is 0.782. The molecule has 0 aliphatic rings. The van der Waals surface area contributed by atoms with Gasteiger partial charge in [0.15, 0.2) is 11.0 Å². The van der Waals surface area contributed by atoms with E-state index < -0.39 is 4.92 Å². The van der Waals surface area contributed by atoms with Crippen molar-refractivity contribution in [3.8, 4) is 17.1 Å². The first-order chi connectivity index (χ1) is 17.0. The molecule has 1 amide bonds. The van der Waals surface area contributed by atoms with E-state index in [9.17, 15) is 14.9 Å². The number of anilines is 1. The molecule has 0 saturated carbocycles. The summed E-state index contributed by atoms with van der Waals surface area (Å²) in [7, 11) is 1.62. The molecule has 0 spiro atoms.